The van der Waals surface area contributed by atoms with Gasteiger partial charge in [-0.05, 0) is 47.2 Å². The molecule has 108 valence electrons. The second kappa shape index (κ2) is 8.54. The van der Waals surface area contributed by atoms with E-state index in [9.17, 15) is 0 Å². The van der Waals surface area contributed by atoms with Gasteiger partial charge in [0.15, 0.2) is 0 Å². The Kier molecular flexibility index (Phi) is 7.03. The van der Waals surface area contributed by atoms with Gasteiger partial charge in [0, 0.05) is 5.02 Å². The summed E-state index contributed by atoms with van der Waals surface area (Å²) in [7, 11) is 9.87. The van der Waals surface area contributed by atoms with Crippen molar-refractivity contribution in [2.24, 2.45) is 0 Å². The van der Waals surface area contributed by atoms with Crippen molar-refractivity contribution >= 4 is 34.7 Å². The van der Waals surface area contributed by atoms with Crippen LogP contribution in [-0.2, 0) is 27.3 Å². The molecule has 0 fully saturated rings. The predicted molar refractivity (Wildman–Crippen MR) is 90.6 cm³/mol. The topological polar surface area (TPSA) is 0 Å². The van der Waals surface area contributed by atoms with Gasteiger partial charge in [-0.2, -0.15) is 0 Å². The molecule has 4 heteroatoms. The van der Waals surface area contributed by atoms with Crippen LogP contribution in [0, 0.1) is 0 Å². The summed E-state index contributed by atoms with van der Waals surface area (Å²) < 4.78 is 0. The fourth-order valence-corrected chi connectivity index (χ4v) is 2.76. The van der Waals surface area contributed by atoms with Gasteiger partial charge >= 0.3 is 37.9 Å². The van der Waals surface area contributed by atoms with E-state index in [1.54, 1.807) is 0 Å². The molecule has 0 atom stereocenters. The maximum absolute atomic E-state index is 6.09. The van der Waals surface area contributed by atoms with E-state index in [4.69, 9.17) is 28.6 Å². The Hall–Kier alpha value is -0.0669. The Balaban J connectivity index is 0.000000497. The van der Waals surface area contributed by atoms with Crippen LogP contribution in [0.25, 0.3) is 17.2 Å². The first-order chi connectivity index (χ1) is 10.2. The summed E-state index contributed by atoms with van der Waals surface area (Å²) in [5.74, 6) is 0. The maximum atomic E-state index is 6.09. The van der Waals surface area contributed by atoms with Gasteiger partial charge in [0.05, 0.1) is 0 Å². The second-order valence-electron chi connectivity index (χ2n) is 4.79. The Morgan fingerprint density at radius 2 is 1.81 bits per heavy atom. The molecule has 0 nitrogen and oxygen atoms in total. The van der Waals surface area contributed by atoms with E-state index in [0.717, 1.165) is 17.9 Å². The summed E-state index contributed by atoms with van der Waals surface area (Å²) in [5, 5.41) is 0.794. The van der Waals surface area contributed by atoms with Crippen LogP contribution in [0.1, 0.15) is 24.5 Å². The van der Waals surface area contributed by atoms with Crippen molar-refractivity contribution in [1.29, 1.82) is 0 Å². The van der Waals surface area contributed by atoms with E-state index in [1.165, 1.54) is 27.8 Å². The average Bonchev–Trinajstić information content (AvgIpc) is 2.91. The van der Waals surface area contributed by atoms with Gasteiger partial charge in [-0.1, -0.05) is 60.5 Å². The van der Waals surface area contributed by atoms with Crippen molar-refractivity contribution in [1.82, 2.24) is 0 Å². The van der Waals surface area contributed by atoms with Gasteiger partial charge in [0.2, 0.25) is 0 Å². The van der Waals surface area contributed by atoms with Crippen molar-refractivity contribution in [2.75, 3.05) is 0 Å². The molecule has 2 aromatic rings. The molecule has 0 heterocycles. The molecule has 2 aromatic carbocycles. The molecule has 0 unspecified atom stereocenters. The summed E-state index contributed by atoms with van der Waals surface area (Å²) in [6.07, 6.45) is 4.56. The molecule has 0 amide bonds. The number of rotatable bonds is 2. The first-order valence-corrected chi connectivity index (χ1v) is 13.4. The molecular formula is C17H15Cl3Zr. The molecule has 21 heavy (non-hydrogen) atoms. The predicted octanol–water partition coefficient (Wildman–Crippen LogP) is 6.73. The van der Waals surface area contributed by atoms with Gasteiger partial charge < -0.3 is 0 Å². The van der Waals surface area contributed by atoms with Crippen LogP contribution in [0.5, 0.6) is 0 Å². The third kappa shape index (κ3) is 4.46. The van der Waals surface area contributed by atoms with E-state index >= 15 is 0 Å². The summed E-state index contributed by atoms with van der Waals surface area (Å²) in [6, 6.07) is 14.6. The van der Waals surface area contributed by atoms with Crippen molar-refractivity contribution in [3.05, 3.63) is 64.2 Å². The van der Waals surface area contributed by atoms with Crippen LogP contribution in [-0.4, -0.2) is 0 Å². The first kappa shape index (κ1) is 17.3. The summed E-state index contributed by atoms with van der Waals surface area (Å²) >= 11 is 5.26. The van der Waals surface area contributed by atoms with Gasteiger partial charge in [-0.3, -0.25) is 0 Å². The van der Waals surface area contributed by atoms with E-state index in [2.05, 4.69) is 37.3 Å². The van der Waals surface area contributed by atoms with Crippen LogP contribution in [0.3, 0.4) is 0 Å². The van der Waals surface area contributed by atoms with Crippen LogP contribution < -0.4 is 0 Å². The Bertz CT molecular complexity index is 650. The average molecular weight is 417 g/mol. The Morgan fingerprint density at radius 3 is 2.48 bits per heavy atom. The molecule has 0 N–H and O–H groups in total. The summed E-state index contributed by atoms with van der Waals surface area (Å²) in [5.41, 5.74) is 6.81. The number of fused-ring (bicyclic) bond motifs is 1. The Morgan fingerprint density at radius 1 is 1.10 bits per heavy atom. The molecule has 3 rings (SSSR count). The second-order valence-corrected chi connectivity index (χ2v) is 8.96. The molecule has 1 aliphatic carbocycles. The first-order valence-electron chi connectivity index (χ1n) is 6.73. The van der Waals surface area contributed by atoms with E-state index in [-0.39, 0.29) is 0 Å². The van der Waals surface area contributed by atoms with Gasteiger partial charge in [-0.15, -0.1) is 0 Å². The molecule has 0 aliphatic heterocycles. The monoisotopic (exact) mass is 414 g/mol. The zero-order chi connectivity index (χ0) is 15.2. The third-order valence-corrected chi connectivity index (χ3v) is 3.79. The standard InChI is InChI=1S/C17H15Cl.2ClH.Zr/c1-2-12-9-13-6-4-8-16(17(13)10-12)14-5-3-7-15(18)11-14;;;/h3-8,10-11H,2,9H2,1H3;2*1H;/q;;;+2/p-2. The van der Waals surface area contributed by atoms with Crippen molar-refractivity contribution in [3.8, 4) is 11.1 Å². The minimum atomic E-state index is -0.826. The fourth-order valence-electron chi connectivity index (χ4n) is 2.57. The van der Waals surface area contributed by atoms with Gasteiger partial charge in [-0.25, -0.2) is 0 Å². The molecular weight excluding hydrogens is 402 g/mol. The molecule has 1 aliphatic rings. The minimum absolute atomic E-state index is 0.794. The van der Waals surface area contributed by atoms with Crippen molar-refractivity contribution in [2.45, 2.75) is 19.8 Å². The van der Waals surface area contributed by atoms with E-state index < -0.39 is 20.8 Å². The number of hydrogen-bond donors (Lipinski definition) is 0. The summed E-state index contributed by atoms with van der Waals surface area (Å²) in [4.78, 5) is 0. The molecule has 0 aromatic heterocycles. The zero-order valence-electron chi connectivity index (χ0n) is 11.7. The molecule has 0 bridgehead atoms. The molecule has 0 saturated carbocycles. The van der Waals surface area contributed by atoms with Crippen LogP contribution in [0.4, 0.5) is 0 Å². The number of benzene rings is 2. The SMILES string of the molecule is CCC1=Cc2c(cccc2-c2cccc(Cl)c2)C1.[Cl][Zr][Cl]. The molecule has 0 spiro atoms. The number of halogens is 3. The normalized spacial score (nSPS) is 12.1. The zero-order valence-corrected chi connectivity index (χ0v) is 16.4. The van der Waals surface area contributed by atoms with E-state index in [0.29, 0.717) is 0 Å². The van der Waals surface area contributed by atoms with Crippen LogP contribution in [0.15, 0.2) is 48.0 Å². The summed E-state index contributed by atoms with van der Waals surface area (Å²) in [6.45, 7) is 2.22. The van der Waals surface area contributed by atoms with Crippen LogP contribution >= 0.6 is 28.6 Å². The molecule has 0 saturated heterocycles. The van der Waals surface area contributed by atoms with E-state index in [1.807, 2.05) is 18.2 Å². The number of hydrogen-bond acceptors (Lipinski definition) is 0. The molecule has 0 radical (unpaired) electrons. The van der Waals surface area contributed by atoms with Crippen molar-refractivity contribution < 1.29 is 20.8 Å². The number of allylic oxidation sites excluding steroid dienone is 1. The van der Waals surface area contributed by atoms with Crippen molar-refractivity contribution in [3.63, 3.8) is 0 Å². The van der Waals surface area contributed by atoms with Gasteiger partial charge in [0.1, 0.15) is 0 Å². The quantitative estimate of drug-likeness (QED) is 0.509. The third-order valence-electron chi connectivity index (χ3n) is 3.55. The van der Waals surface area contributed by atoms with Crippen LogP contribution in [0.2, 0.25) is 5.02 Å². The Labute approximate surface area is 149 Å². The van der Waals surface area contributed by atoms with Gasteiger partial charge in [0.25, 0.3) is 0 Å². The fraction of sp³-hybridized carbons (Fsp3) is 0.176.